The summed E-state index contributed by atoms with van der Waals surface area (Å²) in [6.07, 6.45) is 2.22. The maximum absolute atomic E-state index is 12.2. The Bertz CT molecular complexity index is 925. The highest BCUT2D eigenvalue weighted by molar-refractivity contribution is 7.98. The van der Waals surface area contributed by atoms with Gasteiger partial charge in [-0.25, -0.2) is 0 Å². The van der Waals surface area contributed by atoms with Gasteiger partial charge in [-0.15, -0.1) is 16.9 Å². The van der Waals surface area contributed by atoms with E-state index in [1.165, 1.54) is 0 Å². The van der Waals surface area contributed by atoms with E-state index in [0.717, 1.165) is 10.5 Å². The molecule has 1 amide bonds. The van der Waals surface area contributed by atoms with E-state index < -0.39 is 0 Å². The van der Waals surface area contributed by atoms with Gasteiger partial charge in [0.05, 0.1) is 26.2 Å². The fourth-order valence-corrected chi connectivity index (χ4v) is 2.86. The van der Waals surface area contributed by atoms with Gasteiger partial charge < -0.3 is 13.9 Å². The van der Waals surface area contributed by atoms with Crippen LogP contribution in [0.4, 0.5) is 6.01 Å². The van der Waals surface area contributed by atoms with E-state index in [-0.39, 0.29) is 24.2 Å². The Balaban J connectivity index is 1.71. The van der Waals surface area contributed by atoms with Gasteiger partial charge in [0.2, 0.25) is 5.91 Å². The number of methoxy groups -OCH3 is 2. The van der Waals surface area contributed by atoms with Crippen LogP contribution in [0, 0.1) is 0 Å². The van der Waals surface area contributed by atoms with Crippen LogP contribution in [0.5, 0.6) is 11.5 Å². The first-order valence-corrected chi connectivity index (χ1v) is 9.34. The monoisotopic (exact) mass is 385 g/mol. The molecule has 0 unspecified atom stereocenters. The number of carbonyl (C=O) groups is 1. The van der Waals surface area contributed by atoms with Crippen LogP contribution in [0.1, 0.15) is 5.56 Å². The van der Waals surface area contributed by atoms with Crippen LogP contribution in [0.15, 0.2) is 51.8 Å². The summed E-state index contributed by atoms with van der Waals surface area (Å²) in [5.74, 6) is 1.18. The number of benzene rings is 2. The highest BCUT2D eigenvalue weighted by atomic mass is 32.2. The third kappa shape index (κ3) is 4.59. The van der Waals surface area contributed by atoms with E-state index in [0.29, 0.717) is 17.1 Å². The molecule has 0 aliphatic heterocycles. The van der Waals surface area contributed by atoms with Crippen molar-refractivity contribution in [3.8, 4) is 23.0 Å². The first-order valence-electron chi connectivity index (χ1n) is 8.11. The van der Waals surface area contributed by atoms with Gasteiger partial charge in [0, 0.05) is 4.90 Å². The lowest BCUT2D eigenvalue weighted by Gasteiger charge is -2.07. The van der Waals surface area contributed by atoms with Crippen molar-refractivity contribution in [3.63, 3.8) is 0 Å². The molecule has 0 bridgehead atoms. The first kappa shape index (κ1) is 18.8. The third-order valence-corrected chi connectivity index (χ3v) is 4.58. The number of hydrogen-bond donors (Lipinski definition) is 1. The van der Waals surface area contributed by atoms with Crippen molar-refractivity contribution in [1.29, 1.82) is 0 Å². The second-order valence-corrected chi connectivity index (χ2v) is 6.43. The zero-order valence-corrected chi connectivity index (χ0v) is 16.0. The first-order chi connectivity index (χ1) is 13.1. The molecule has 0 aliphatic rings. The van der Waals surface area contributed by atoms with E-state index in [9.17, 15) is 4.79 Å². The number of amides is 1. The van der Waals surface area contributed by atoms with Crippen molar-refractivity contribution >= 4 is 23.7 Å². The van der Waals surface area contributed by atoms with Gasteiger partial charge in [0.25, 0.3) is 5.89 Å². The molecule has 140 valence electrons. The van der Waals surface area contributed by atoms with Gasteiger partial charge in [-0.2, -0.15) is 0 Å². The smallest absolute Gasteiger partial charge is 0.322 e. The Morgan fingerprint density at radius 1 is 1.11 bits per heavy atom. The lowest BCUT2D eigenvalue weighted by molar-refractivity contribution is -0.115. The number of anilines is 1. The summed E-state index contributed by atoms with van der Waals surface area (Å²) in [5, 5.41) is 10.5. The number of carbonyl (C=O) groups excluding carboxylic acids is 1. The second-order valence-electron chi connectivity index (χ2n) is 5.55. The van der Waals surface area contributed by atoms with Crippen LogP contribution in [-0.2, 0) is 11.2 Å². The maximum atomic E-state index is 12.2. The number of ether oxygens (including phenoxy) is 2. The van der Waals surface area contributed by atoms with Crippen molar-refractivity contribution in [2.45, 2.75) is 11.3 Å². The molecular formula is C19H19N3O4S. The van der Waals surface area contributed by atoms with E-state index >= 15 is 0 Å². The van der Waals surface area contributed by atoms with Gasteiger partial charge in [0.1, 0.15) is 11.5 Å². The molecule has 0 atom stereocenters. The SMILES string of the molecule is COc1ccc(OC)c(-c2nnc(NC(=O)Cc3ccc(SC)cc3)o2)c1. The van der Waals surface area contributed by atoms with Crippen molar-refractivity contribution in [1.82, 2.24) is 10.2 Å². The molecule has 0 saturated heterocycles. The summed E-state index contributed by atoms with van der Waals surface area (Å²) >= 11 is 1.65. The zero-order chi connectivity index (χ0) is 19.2. The van der Waals surface area contributed by atoms with Gasteiger partial charge >= 0.3 is 6.01 Å². The molecule has 7 nitrogen and oxygen atoms in total. The largest absolute Gasteiger partial charge is 0.497 e. The summed E-state index contributed by atoms with van der Waals surface area (Å²) < 4.78 is 16.1. The van der Waals surface area contributed by atoms with Gasteiger partial charge in [-0.3, -0.25) is 10.1 Å². The van der Waals surface area contributed by atoms with Crippen LogP contribution >= 0.6 is 11.8 Å². The van der Waals surface area contributed by atoms with Crippen LogP contribution < -0.4 is 14.8 Å². The van der Waals surface area contributed by atoms with Gasteiger partial charge in [-0.1, -0.05) is 17.2 Å². The number of hydrogen-bond acceptors (Lipinski definition) is 7. The highest BCUT2D eigenvalue weighted by Gasteiger charge is 2.16. The Hall–Kier alpha value is -3.00. The Morgan fingerprint density at radius 2 is 1.89 bits per heavy atom. The van der Waals surface area contributed by atoms with Crippen LogP contribution in [0.25, 0.3) is 11.5 Å². The maximum Gasteiger partial charge on any atom is 0.322 e. The molecule has 2 aromatic carbocycles. The highest BCUT2D eigenvalue weighted by Crippen LogP contribution is 2.33. The zero-order valence-electron chi connectivity index (χ0n) is 15.2. The van der Waals surface area contributed by atoms with Crippen LogP contribution in [-0.4, -0.2) is 36.6 Å². The van der Waals surface area contributed by atoms with Crippen molar-refractivity contribution < 1.29 is 18.7 Å². The molecule has 0 fully saturated rings. The average Bonchev–Trinajstić information content (AvgIpc) is 3.16. The normalized spacial score (nSPS) is 10.5. The molecule has 3 aromatic rings. The quantitative estimate of drug-likeness (QED) is 0.621. The minimum Gasteiger partial charge on any atom is -0.497 e. The summed E-state index contributed by atoms with van der Waals surface area (Å²) in [6, 6.07) is 13.1. The molecule has 0 saturated carbocycles. The molecule has 1 aromatic heterocycles. The molecule has 0 spiro atoms. The van der Waals surface area contributed by atoms with Gasteiger partial charge in [-0.05, 0) is 42.2 Å². The fourth-order valence-electron chi connectivity index (χ4n) is 2.46. The molecule has 1 N–H and O–H groups in total. The predicted molar refractivity (Wildman–Crippen MR) is 103 cm³/mol. The molecule has 0 radical (unpaired) electrons. The lowest BCUT2D eigenvalue weighted by Crippen LogP contribution is -2.14. The van der Waals surface area contributed by atoms with Crippen LogP contribution in [0.2, 0.25) is 0 Å². The molecule has 8 heteroatoms. The van der Waals surface area contributed by atoms with E-state index in [1.54, 1.807) is 44.2 Å². The summed E-state index contributed by atoms with van der Waals surface area (Å²) in [7, 11) is 3.11. The third-order valence-electron chi connectivity index (χ3n) is 3.83. The topological polar surface area (TPSA) is 86.5 Å². The van der Waals surface area contributed by atoms with E-state index in [4.69, 9.17) is 13.9 Å². The molecular weight excluding hydrogens is 366 g/mol. The number of aromatic nitrogens is 2. The Kier molecular flexibility index (Phi) is 5.97. The fraction of sp³-hybridized carbons (Fsp3) is 0.211. The van der Waals surface area contributed by atoms with Crippen LogP contribution in [0.3, 0.4) is 0 Å². The van der Waals surface area contributed by atoms with E-state index in [2.05, 4.69) is 15.5 Å². The number of nitrogens with one attached hydrogen (secondary N) is 1. The van der Waals surface area contributed by atoms with Crippen molar-refractivity contribution in [2.75, 3.05) is 25.8 Å². The molecule has 3 rings (SSSR count). The lowest BCUT2D eigenvalue weighted by atomic mass is 10.1. The summed E-state index contributed by atoms with van der Waals surface area (Å²) in [5.41, 5.74) is 1.48. The molecule has 1 heterocycles. The number of thioether (sulfide) groups is 1. The Morgan fingerprint density at radius 3 is 2.56 bits per heavy atom. The Labute approximate surface area is 161 Å². The van der Waals surface area contributed by atoms with Crippen molar-refractivity contribution in [3.05, 3.63) is 48.0 Å². The standard InChI is InChI=1S/C19H19N3O4S/c1-24-13-6-9-16(25-2)15(11-13)18-21-22-19(26-18)20-17(23)10-12-4-7-14(27-3)8-5-12/h4-9,11H,10H2,1-3H3,(H,20,22,23). The predicted octanol–water partition coefficient (Wildman–Crippen LogP) is 3.66. The second kappa shape index (κ2) is 8.59. The minimum absolute atomic E-state index is 0.0283. The summed E-state index contributed by atoms with van der Waals surface area (Å²) in [6.45, 7) is 0. The average molecular weight is 385 g/mol. The van der Waals surface area contributed by atoms with Crippen molar-refractivity contribution in [2.24, 2.45) is 0 Å². The van der Waals surface area contributed by atoms with Gasteiger partial charge in [0.15, 0.2) is 0 Å². The minimum atomic E-state index is -0.236. The number of rotatable bonds is 7. The molecule has 27 heavy (non-hydrogen) atoms. The van der Waals surface area contributed by atoms with E-state index in [1.807, 2.05) is 30.5 Å². The summed E-state index contributed by atoms with van der Waals surface area (Å²) in [4.78, 5) is 13.4. The number of nitrogens with zero attached hydrogens (tertiary/aromatic N) is 2. The molecule has 0 aliphatic carbocycles.